The van der Waals surface area contributed by atoms with Crippen LogP contribution in [0.1, 0.15) is 38.5 Å². The first-order valence-electron chi connectivity index (χ1n) is 11.5. The monoisotopic (exact) mass is 444 g/mol. The van der Waals surface area contributed by atoms with Crippen LogP contribution in [-0.2, 0) is 16.1 Å². The first-order chi connectivity index (χ1) is 15.0. The molecular formula is C23H29ClN4O3. The Morgan fingerprint density at radius 2 is 1.45 bits per heavy atom. The number of nitrogens with zero attached hydrogens (tertiary/aromatic N) is 3. The van der Waals surface area contributed by atoms with E-state index in [1.165, 1.54) is 0 Å². The maximum Gasteiger partial charge on any atom is 0.326 e. The quantitative estimate of drug-likeness (QED) is 0.787. The van der Waals surface area contributed by atoms with Crippen molar-refractivity contribution >= 4 is 34.4 Å². The number of aromatic nitrogens is 2. The zero-order valence-corrected chi connectivity index (χ0v) is 18.4. The van der Waals surface area contributed by atoms with Crippen LogP contribution in [0.4, 0.5) is 0 Å². The molecule has 0 bridgehead atoms. The molecule has 2 heterocycles. The summed E-state index contributed by atoms with van der Waals surface area (Å²) in [4.78, 5) is 44.4. The summed E-state index contributed by atoms with van der Waals surface area (Å²) in [6, 6.07) is 5.47. The number of amides is 2. The van der Waals surface area contributed by atoms with Crippen molar-refractivity contribution in [2.45, 2.75) is 45.1 Å². The highest BCUT2D eigenvalue weighted by Crippen LogP contribution is 2.33. The molecule has 1 N–H and O–H groups in total. The molecule has 3 aliphatic rings. The smallest absolute Gasteiger partial charge is 0.326 e. The van der Waals surface area contributed by atoms with Crippen molar-refractivity contribution in [1.29, 1.82) is 0 Å². The van der Waals surface area contributed by atoms with Gasteiger partial charge in [-0.25, -0.2) is 4.79 Å². The second-order valence-electron chi connectivity index (χ2n) is 9.34. The molecule has 2 amide bonds. The van der Waals surface area contributed by atoms with Gasteiger partial charge in [-0.2, -0.15) is 0 Å². The summed E-state index contributed by atoms with van der Waals surface area (Å²) >= 11 is 6.04. The second-order valence-corrected chi connectivity index (χ2v) is 9.78. The van der Waals surface area contributed by atoms with Crippen molar-refractivity contribution in [3.63, 3.8) is 0 Å². The summed E-state index contributed by atoms with van der Waals surface area (Å²) in [6.45, 7) is 3.33. The number of carbonyl (C=O) groups excluding carboxylic acids is 2. The van der Waals surface area contributed by atoms with Crippen molar-refractivity contribution < 1.29 is 9.59 Å². The van der Waals surface area contributed by atoms with Crippen molar-refractivity contribution in [2.24, 2.45) is 17.8 Å². The molecule has 7 nitrogen and oxygen atoms in total. The summed E-state index contributed by atoms with van der Waals surface area (Å²) in [5.41, 5.74) is 1.54. The fourth-order valence-corrected chi connectivity index (χ4v) is 5.33. The van der Waals surface area contributed by atoms with Crippen LogP contribution in [0.3, 0.4) is 0 Å². The summed E-state index contributed by atoms with van der Waals surface area (Å²) < 4.78 is 1.80. The fraction of sp³-hybridized carbons (Fsp3) is 0.609. The van der Waals surface area contributed by atoms with Crippen LogP contribution in [-0.4, -0.2) is 57.3 Å². The Morgan fingerprint density at radius 1 is 0.903 bits per heavy atom. The number of hydrogen-bond donors (Lipinski definition) is 1. The highest BCUT2D eigenvalue weighted by atomic mass is 35.5. The molecule has 2 saturated carbocycles. The number of piperazine rings is 1. The molecule has 3 fully saturated rings. The van der Waals surface area contributed by atoms with E-state index < -0.39 is 0 Å². The molecule has 1 aromatic carbocycles. The molecule has 0 radical (unpaired) electrons. The van der Waals surface area contributed by atoms with Gasteiger partial charge in [0.15, 0.2) is 0 Å². The van der Waals surface area contributed by atoms with Gasteiger partial charge in [0.25, 0.3) is 0 Å². The first-order valence-corrected chi connectivity index (χ1v) is 11.8. The van der Waals surface area contributed by atoms with Crippen molar-refractivity contribution in [2.75, 3.05) is 26.2 Å². The topological polar surface area (TPSA) is 78.4 Å². The zero-order chi connectivity index (χ0) is 21.5. The largest absolute Gasteiger partial charge is 0.339 e. The Hall–Kier alpha value is -2.28. The van der Waals surface area contributed by atoms with Gasteiger partial charge in [0.05, 0.1) is 11.0 Å². The minimum absolute atomic E-state index is 0.0698. The zero-order valence-electron chi connectivity index (χ0n) is 17.7. The lowest BCUT2D eigenvalue weighted by Gasteiger charge is -2.38. The lowest BCUT2D eigenvalue weighted by Crippen LogP contribution is -2.52. The molecule has 8 heteroatoms. The van der Waals surface area contributed by atoms with Crippen molar-refractivity contribution in [3.8, 4) is 0 Å². The minimum Gasteiger partial charge on any atom is -0.339 e. The number of aromatic amines is 1. The van der Waals surface area contributed by atoms with Gasteiger partial charge in [0.1, 0.15) is 0 Å². The molecule has 0 spiro atoms. The second kappa shape index (κ2) is 8.34. The van der Waals surface area contributed by atoms with Crippen LogP contribution in [0, 0.1) is 17.8 Å². The molecule has 2 aliphatic carbocycles. The molecule has 2 aromatic rings. The lowest BCUT2D eigenvalue weighted by molar-refractivity contribution is -0.143. The average Bonchev–Trinajstić information content (AvgIpc) is 3.59. The van der Waals surface area contributed by atoms with Gasteiger partial charge < -0.3 is 14.8 Å². The molecule has 0 atom stereocenters. The van der Waals surface area contributed by atoms with E-state index >= 15 is 0 Å². The molecule has 1 aromatic heterocycles. The Labute approximate surface area is 186 Å². The Morgan fingerprint density at radius 3 is 2.00 bits per heavy atom. The van der Waals surface area contributed by atoms with Gasteiger partial charge in [-0.3, -0.25) is 14.2 Å². The SMILES string of the molecule is O=C(C1CCC(Cn2c(=O)[nH]c3cc(Cl)ccc32)CC1)N1CCN(C(=O)C2CC2)CC1. The number of hydrogen-bond acceptors (Lipinski definition) is 3. The number of rotatable bonds is 4. The molecule has 0 unspecified atom stereocenters. The van der Waals surface area contributed by atoms with E-state index in [-0.39, 0.29) is 29.3 Å². The normalized spacial score (nSPS) is 24.5. The first kappa shape index (κ1) is 20.6. The van der Waals surface area contributed by atoms with Crippen LogP contribution >= 0.6 is 11.6 Å². The van der Waals surface area contributed by atoms with Gasteiger partial charge in [-0.05, 0) is 62.6 Å². The molecule has 31 heavy (non-hydrogen) atoms. The number of benzene rings is 1. The number of carbonyl (C=O) groups is 2. The lowest BCUT2D eigenvalue weighted by atomic mass is 9.81. The van der Waals surface area contributed by atoms with Gasteiger partial charge in [0, 0.05) is 49.6 Å². The summed E-state index contributed by atoms with van der Waals surface area (Å²) in [6.07, 6.45) is 5.69. The molecule has 1 saturated heterocycles. The Bertz CT molecular complexity index is 1040. The predicted octanol–water partition coefficient (Wildman–Crippen LogP) is 2.87. The molecule has 5 rings (SSSR count). The molecule has 166 valence electrons. The highest BCUT2D eigenvalue weighted by molar-refractivity contribution is 6.31. The third kappa shape index (κ3) is 4.25. The molecular weight excluding hydrogens is 416 g/mol. The van der Waals surface area contributed by atoms with Crippen LogP contribution in [0.5, 0.6) is 0 Å². The van der Waals surface area contributed by atoms with Gasteiger partial charge >= 0.3 is 5.69 Å². The van der Waals surface area contributed by atoms with E-state index in [0.29, 0.717) is 43.7 Å². The van der Waals surface area contributed by atoms with Gasteiger partial charge in [0.2, 0.25) is 11.8 Å². The number of imidazole rings is 1. The number of nitrogens with one attached hydrogen (secondary N) is 1. The highest BCUT2D eigenvalue weighted by Gasteiger charge is 2.36. The number of H-pyrrole nitrogens is 1. The van der Waals surface area contributed by atoms with Crippen LogP contribution < -0.4 is 5.69 Å². The van der Waals surface area contributed by atoms with E-state index in [0.717, 1.165) is 49.6 Å². The van der Waals surface area contributed by atoms with E-state index in [2.05, 4.69) is 4.98 Å². The third-order valence-corrected chi connectivity index (χ3v) is 7.44. The number of halogens is 1. The van der Waals surface area contributed by atoms with Crippen LogP contribution in [0.2, 0.25) is 5.02 Å². The standard InChI is InChI=1S/C23H29ClN4O3/c24-18-7-8-20-19(13-18)25-23(31)28(20)14-15-1-3-16(4-2-15)21(29)26-9-11-27(12-10-26)22(30)17-5-6-17/h7-8,13,15-17H,1-6,9-12,14H2,(H,25,31). The average molecular weight is 445 g/mol. The van der Waals surface area contributed by atoms with Crippen LogP contribution in [0.25, 0.3) is 11.0 Å². The van der Waals surface area contributed by atoms with E-state index in [1.54, 1.807) is 16.7 Å². The fourth-order valence-electron chi connectivity index (χ4n) is 5.16. The molecule has 1 aliphatic heterocycles. The third-order valence-electron chi connectivity index (χ3n) is 7.20. The Kier molecular flexibility index (Phi) is 5.54. The maximum atomic E-state index is 13.0. The van der Waals surface area contributed by atoms with E-state index in [1.807, 2.05) is 15.9 Å². The van der Waals surface area contributed by atoms with Crippen molar-refractivity contribution in [1.82, 2.24) is 19.4 Å². The summed E-state index contributed by atoms with van der Waals surface area (Å²) in [7, 11) is 0. The summed E-state index contributed by atoms with van der Waals surface area (Å²) in [5, 5.41) is 0.609. The predicted molar refractivity (Wildman–Crippen MR) is 119 cm³/mol. The number of fused-ring (bicyclic) bond motifs is 1. The van der Waals surface area contributed by atoms with E-state index in [9.17, 15) is 14.4 Å². The van der Waals surface area contributed by atoms with E-state index in [4.69, 9.17) is 11.6 Å². The summed E-state index contributed by atoms with van der Waals surface area (Å²) in [5.74, 6) is 1.24. The van der Waals surface area contributed by atoms with Crippen LogP contribution in [0.15, 0.2) is 23.0 Å². The van der Waals surface area contributed by atoms with Gasteiger partial charge in [-0.1, -0.05) is 11.6 Å². The van der Waals surface area contributed by atoms with Gasteiger partial charge in [-0.15, -0.1) is 0 Å². The maximum absolute atomic E-state index is 13.0. The Balaban J connectivity index is 1.14. The minimum atomic E-state index is -0.103. The van der Waals surface area contributed by atoms with Crippen molar-refractivity contribution in [3.05, 3.63) is 33.7 Å².